The molecule has 0 aromatic heterocycles. The zero-order valence-corrected chi connectivity index (χ0v) is 10.5. The minimum atomic E-state index is -0.129. The number of rotatable bonds is 6. The molecule has 1 saturated heterocycles. The van der Waals surface area contributed by atoms with Crippen LogP contribution >= 0.6 is 0 Å². The summed E-state index contributed by atoms with van der Waals surface area (Å²) in [6.07, 6.45) is 6.17. The van der Waals surface area contributed by atoms with E-state index < -0.39 is 0 Å². The second-order valence-electron chi connectivity index (χ2n) is 5.51. The van der Waals surface area contributed by atoms with Crippen molar-refractivity contribution in [1.29, 1.82) is 0 Å². The van der Waals surface area contributed by atoms with E-state index in [0.717, 1.165) is 24.9 Å². The molecule has 0 spiro atoms. The van der Waals surface area contributed by atoms with Crippen LogP contribution in [0, 0.1) is 5.92 Å². The minimum Gasteiger partial charge on any atom is -0.392 e. The van der Waals surface area contributed by atoms with E-state index in [-0.39, 0.29) is 6.10 Å². The van der Waals surface area contributed by atoms with Crippen LogP contribution < -0.4 is 5.32 Å². The summed E-state index contributed by atoms with van der Waals surface area (Å²) in [6, 6.07) is 0.830. The summed E-state index contributed by atoms with van der Waals surface area (Å²) < 4.78 is 0. The third-order valence-electron chi connectivity index (χ3n) is 3.82. The Hall–Kier alpha value is -0.120. The van der Waals surface area contributed by atoms with E-state index in [1.54, 1.807) is 0 Å². The lowest BCUT2D eigenvalue weighted by molar-refractivity contribution is 0.0819. The Labute approximate surface area is 99.2 Å². The Morgan fingerprint density at radius 3 is 2.88 bits per heavy atom. The zero-order chi connectivity index (χ0) is 11.4. The number of hydrogen-bond donors (Lipinski definition) is 2. The van der Waals surface area contributed by atoms with E-state index in [1.165, 1.54) is 45.3 Å². The number of nitrogens with zero attached hydrogens (tertiary/aromatic N) is 1. The third-order valence-corrected chi connectivity index (χ3v) is 3.82. The van der Waals surface area contributed by atoms with Gasteiger partial charge < -0.3 is 15.3 Å². The topological polar surface area (TPSA) is 35.5 Å². The van der Waals surface area contributed by atoms with Crippen molar-refractivity contribution in [3.05, 3.63) is 0 Å². The van der Waals surface area contributed by atoms with Crippen molar-refractivity contribution in [2.45, 2.75) is 51.2 Å². The van der Waals surface area contributed by atoms with E-state index in [1.807, 2.05) is 0 Å². The van der Waals surface area contributed by atoms with Crippen molar-refractivity contribution in [1.82, 2.24) is 10.2 Å². The molecule has 0 amide bonds. The van der Waals surface area contributed by atoms with Crippen molar-refractivity contribution in [3.63, 3.8) is 0 Å². The Bertz CT molecular complexity index is 206. The SMILES string of the molecule is CCC(O)CN1CCCC(CNC2CC2)C1. The van der Waals surface area contributed by atoms with Gasteiger partial charge in [-0.1, -0.05) is 6.92 Å². The van der Waals surface area contributed by atoms with Gasteiger partial charge in [0.2, 0.25) is 0 Å². The fourth-order valence-electron chi connectivity index (χ4n) is 2.53. The lowest BCUT2D eigenvalue weighted by Gasteiger charge is -2.34. The van der Waals surface area contributed by atoms with E-state index in [0.29, 0.717) is 0 Å². The van der Waals surface area contributed by atoms with Crippen LogP contribution in [-0.4, -0.2) is 48.3 Å². The van der Waals surface area contributed by atoms with Crippen LogP contribution in [0.1, 0.15) is 39.0 Å². The first-order chi connectivity index (χ1) is 7.78. The fraction of sp³-hybridized carbons (Fsp3) is 1.00. The monoisotopic (exact) mass is 226 g/mol. The maximum absolute atomic E-state index is 9.67. The molecule has 0 aromatic carbocycles. The zero-order valence-electron chi connectivity index (χ0n) is 10.5. The average Bonchev–Trinajstić information content (AvgIpc) is 3.10. The molecule has 94 valence electrons. The van der Waals surface area contributed by atoms with E-state index in [4.69, 9.17) is 0 Å². The summed E-state index contributed by atoms with van der Waals surface area (Å²) in [4.78, 5) is 2.44. The van der Waals surface area contributed by atoms with Crippen LogP contribution in [0.25, 0.3) is 0 Å². The lowest BCUT2D eigenvalue weighted by Crippen LogP contribution is -2.43. The highest BCUT2D eigenvalue weighted by Crippen LogP contribution is 2.21. The van der Waals surface area contributed by atoms with Crippen molar-refractivity contribution in [2.24, 2.45) is 5.92 Å². The second kappa shape index (κ2) is 5.99. The smallest absolute Gasteiger partial charge is 0.0664 e. The quantitative estimate of drug-likeness (QED) is 0.715. The number of aliphatic hydroxyl groups excluding tert-OH is 1. The number of hydrogen-bond acceptors (Lipinski definition) is 3. The molecule has 3 nitrogen and oxygen atoms in total. The molecule has 2 N–H and O–H groups in total. The second-order valence-corrected chi connectivity index (χ2v) is 5.51. The van der Waals surface area contributed by atoms with Crippen molar-refractivity contribution in [3.8, 4) is 0 Å². The standard InChI is InChI=1S/C13H26N2O/c1-2-13(16)10-15-7-3-4-11(9-15)8-14-12-5-6-12/h11-14,16H,2-10H2,1H3. The summed E-state index contributed by atoms with van der Waals surface area (Å²) in [5, 5.41) is 13.3. The highest BCUT2D eigenvalue weighted by molar-refractivity contribution is 4.83. The largest absolute Gasteiger partial charge is 0.392 e. The molecule has 1 aliphatic carbocycles. The normalized spacial score (nSPS) is 29.2. The van der Waals surface area contributed by atoms with Gasteiger partial charge in [0.25, 0.3) is 0 Å². The summed E-state index contributed by atoms with van der Waals surface area (Å²) >= 11 is 0. The molecule has 2 unspecified atom stereocenters. The predicted octanol–water partition coefficient (Wildman–Crippen LogP) is 1.22. The van der Waals surface area contributed by atoms with E-state index >= 15 is 0 Å². The predicted molar refractivity (Wildman–Crippen MR) is 66.5 cm³/mol. The van der Waals surface area contributed by atoms with Gasteiger partial charge in [-0.2, -0.15) is 0 Å². The van der Waals surface area contributed by atoms with Crippen LogP contribution in [0.4, 0.5) is 0 Å². The molecule has 16 heavy (non-hydrogen) atoms. The first-order valence-electron chi connectivity index (χ1n) is 6.91. The van der Waals surface area contributed by atoms with Crippen molar-refractivity contribution < 1.29 is 5.11 Å². The Kier molecular flexibility index (Phi) is 4.62. The van der Waals surface area contributed by atoms with Gasteiger partial charge >= 0.3 is 0 Å². The van der Waals surface area contributed by atoms with Gasteiger partial charge in [0.05, 0.1) is 6.10 Å². The van der Waals surface area contributed by atoms with E-state index in [9.17, 15) is 5.11 Å². The summed E-state index contributed by atoms with van der Waals surface area (Å²) in [5.74, 6) is 0.804. The van der Waals surface area contributed by atoms with Crippen LogP contribution in [0.15, 0.2) is 0 Å². The van der Waals surface area contributed by atoms with Gasteiger partial charge in [-0.15, -0.1) is 0 Å². The van der Waals surface area contributed by atoms with Gasteiger partial charge in [0, 0.05) is 19.1 Å². The Balaban J connectivity index is 1.65. The van der Waals surface area contributed by atoms with Crippen LogP contribution in [0.3, 0.4) is 0 Å². The summed E-state index contributed by atoms with van der Waals surface area (Å²) in [7, 11) is 0. The fourth-order valence-corrected chi connectivity index (χ4v) is 2.53. The molecule has 3 heteroatoms. The molecule has 1 saturated carbocycles. The number of nitrogens with one attached hydrogen (secondary N) is 1. The molecule has 1 heterocycles. The highest BCUT2D eigenvalue weighted by Gasteiger charge is 2.25. The molecule has 0 bridgehead atoms. The van der Waals surface area contributed by atoms with Gasteiger partial charge in [-0.3, -0.25) is 0 Å². The number of likely N-dealkylation sites (tertiary alicyclic amines) is 1. The maximum Gasteiger partial charge on any atom is 0.0664 e. The molecular weight excluding hydrogens is 200 g/mol. The number of aliphatic hydroxyl groups is 1. The molecule has 2 fully saturated rings. The molecule has 0 radical (unpaired) electrons. The average molecular weight is 226 g/mol. The van der Waals surface area contributed by atoms with Gasteiger partial charge in [0.15, 0.2) is 0 Å². The number of β-amino-alcohol motifs (C(OH)–C–C–N with tert-alkyl or cyclic N) is 1. The van der Waals surface area contributed by atoms with Crippen LogP contribution in [-0.2, 0) is 0 Å². The van der Waals surface area contributed by atoms with Crippen LogP contribution in [0.5, 0.6) is 0 Å². The first-order valence-corrected chi connectivity index (χ1v) is 6.91. The summed E-state index contributed by atoms with van der Waals surface area (Å²) in [6.45, 7) is 6.47. The maximum atomic E-state index is 9.67. The van der Waals surface area contributed by atoms with Gasteiger partial charge in [-0.05, 0) is 51.1 Å². The molecule has 0 aromatic rings. The molecular formula is C13H26N2O. The molecule has 2 aliphatic rings. The van der Waals surface area contributed by atoms with Crippen molar-refractivity contribution >= 4 is 0 Å². The van der Waals surface area contributed by atoms with Gasteiger partial charge in [-0.25, -0.2) is 0 Å². The lowest BCUT2D eigenvalue weighted by atomic mass is 9.97. The molecule has 2 rings (SSSR count). The Morgan fingerprint density at radius 2 is 2.19 bits per heavy atom. The van der Waals surface area contributed by atoms with Crippen LogP contribution in [0.2, 0.25) is 0 Å². The summed E-state index contributed by atoms with van der Waals surface area (Å²) in [5.41, 5.74) is 0. The first kappa shape index (κ1) is 12.3. The molecule has 2 atom stereocenters. The van der Waals surface area contributed by atoms with Gasteiger partial charge in [0.1, 0.15) is 0 Å². The number of piperidine rings is 1. The van der Waals surface area contributed by atoms with E-state index in [2.05, 4.69) is 17.1 Å². The van der Waals surface area contributed by atoms with Crippen molar-refractivity contribution in [2.75, 3.05) is 26.2 Å². The minimum absolute atomic E-state index is 0.129. The third kappa shape index (κ3) is 4.04. The Morgan fingerprint density at radius 1 is 1.38 bits per heavy atom. The molecule has 1 aliphatic heterocycles. The highest BCUT2D eigenvalue weighted by atomic mass is 16.3.